The minimum absolute atomic E-state index is 0.148. The van der Waals surface area contributed by atoms with Gasteiger partial charge >= 0.3 is 12.4 Å². The second kappa shape index (κ2) is 5.22. The standard InChI is InChI=1S/C11H8F6N2OS/c1-21(2,20)19-9-6(5-18)3-7(10(12,13)14)4-8(9)11(15,16)17/h3-4H,1-2H3. The summed E-state index contributed by atoms with van der Waals surface area (Å²) in [7, 11) is -3.10. The molecule has 0 aliphatic rings. The van der Waals surface area contributed by atoms with E-state index in [1.54, 1.807) is 0 Å². The lowest BCUT2D eigenvalue weighted by Crippen LogP contribution is -2.12. The molecule has 1 rings (SSSR count). The summed E-state index contributed by atoms with van der Waals surface area (Å²) in [6.45, 7) is 0. The Kier molecular flexibility index (Phi) is 4.29. The van der Waals surface area contributed by atoms with Gasteiger partial charge in [-0.2, -0.15) is 36.0 Å². The fourth-order valence-electron chi connectivity index (χ4n) is 1.42. The number of halogens is 6. The third kappa shape index (κ3) is 4.35. The molecule has 0 aromatic heterocycles. The molecule has 0 amide bonds. The van der Waals surface area contributed by atoms with Crippen LogP contribution in [0.5, 0.6) is 0 Å². The molecule has 0 heterocycles. The Balaban J connectivity index is 3.88. The molecule has 0 unspecified atom stereocenters. The van der Waals surface area contributed by atoms with Gasteiger partial charge in [0, 0.05) is 22.2 Å². The maximum atomic E-state index is 12.9. The van der Waals surface area contributed by atoms with E-state index in [0.717, 1.165) is 12.5 Å². The van der Waals surface area contributed by atoms with E-state index in [4.69, 9.17) is 5.26 Å². The Hall–Kier alpha value is -1.76. The van der Waals surface area contributed by atoms with Crippen molar-refractivity contribution in [2.45, 2.75) is 12.4 Å². The number of nitrogens with zero attached hydrogens (tertiary/aromatic N) is 2. The number of nitriles is 1. The molecule has 116 valence electrons. The molecule has 0 aliphatic heterocycles. The molecular formula is C11H8F6N2OS. The van der Waals surface area contributed by atoms with Gasteiger partial charge in [-0.1, -0.05) is 0 Å². The second-order valence-corrected chi connectivity index (χ2v) is 6.84. The molecule has 0 atom stereocenters. The van der Waals surface area contributed by atoms with E-state index in [1.807, 2.05) is 0 Å². The lowest BCUT2D eigenvalue weighted by Gasteiger charge is -2.15. The monoisotopic (exact) mass is 330 g/mol. The summed E-state index contributed by atoms with van der Waals surface area (Å²) in [5.74, 6) is 0. The predicted molar refractivity (Wildman–Crippen MR) is 63.2 cm³/mol. The van der Waals surface area contributed by atoms with E-state index in [2.05, 4.69) is 4.36 Å². The van der Waals surface area contributed by atoms with Crippen molar-refractivity contribution in [1.29, 1.82) is 5.26 Å². The van der Waals surface area contributed by atoms with Gasteiger partial charge in [0.1, 0.15) is 11.8 Å². The van der Waals surface area contributed by atoms with Crippen molar-refractivity contribution in [1.82, 2.24) is 0 Å². The Morgan fingerprint density at radius 1 is 1.10 bits per heavy atom. The summed E-state index contributed by atoms with van der Waals surface area (Å²) in [5, 5.41) is 8.76. The number of alkyl halides is 6. The molecule has 0 spiro atoms. The predicted octanol–water partition coefficient (Wildman–Crippen LogP) is 3.95. The molecule has 1 aromatic rings. The maximum Gasteiger partial charge on any atom is 0.418 e. The van der Waals surface area contributed by atoms with E-state index < -0.39 is 44.5 Å². The maximum absolute atomic E-state index is 12.9. The van der Waals surface area contributed by atoms with Gasteiger partial charge in [0.2, 0.25) is 0 Å². The third-order valence-electron chi connectivity index (χ3n) is 2.17. The first kappa shape index (κ1) is 17.3. The summed E-state index contributed by atoms with van der Waals surface area (Å²) in [6, 6.07) is 1.33. The van der Waals surface area contributed by atoms with Crippen molar-refractivity contribution in [2.75, 3.05) is 12.5 Å². The summed E-state index contributed by atoms with van der Waals surface area (Å²) >= 11 is 0. The lowest BCUT2D eigenvalue weighted by molar-refractivity contribution is -0.142. The van der Waals surface area contributed by atoms with Gasteiger partial charge in [0.15, 0.2) is 0 Å². The van der Waals surface area contributed by atoms with Gasteiger partial charge in [-0.15, -0.1) is 0 Å². The van der Waals surface area contributed by atoms with Crippen LogP contribution in [0.2, 0.25) is 0 Å². The van der Waals surface area contributed by atoms with Crippen molar-refractivity contribution >= 4 is 15.4 Å². The van der Waals surface area contributed by atoms with E-state index in [1.165, 1.54) is 6.07 Å². The van der Waals surface area contributed by atoms with Crippen molar-refractivity contribution in [3.05, 3.63) is 28.8 Å². The van der Waals surface area contributed by atoms with Crippen LogP contribution >= 0.6 is 0 Å². The Bertz CT molecular complexity index is 712. The van der Waals surface area contributed by atoms with Gasteiger partial charge < -0.3 is 0 Å². The minimum atomic E-state index is -5.17. The zero-order chi connectivity index (χ0) is 16.6. The second-order valence-electron chi connectivity index (χ2n) is 4.30. The zero-order valence-electron chi connectivity index (χ0n) is 10.6. The number of benzene rings is 1. The molecule has 0 fully saturated rings. The third-order valence-corrected chi connectivity index (χ3v) is 2.80. The Morgan fingerprint density at radius 2 is 1.62 bits per heavy atom. The first-order chi connectivity index (χ1) is 9.25. The highest BCUT2D eigenvalue weighted by molar-refractivity contribution is 7.92. The highest BCUT2D eigenvalue weighted by Crippen LogP contribution is 2.42. The largest absolute Gasteiger partial charge is 0.418 e. The smallest absolute Gasteiger partial charge is 0.250 e. The SMILES string of the molecule is CS(C)(=O)=Nc1c(C#N)cc(C(F)(F)F)cc1C(F)(F)F. The fraction of sp³-hybridized carbons (Fsp3) is 0.364. The normalized spacial score (nSPS) is 12.9. The van der Waals surface area contributed by atoms with Crippen LogP contribution in [0.4, 0.5) is 32.0 Å². The van der Waals surface area contributed by atoms with E-state index in [-0.39, 0.29) is 12.1 Å². The zero-order valence-corrected chi connectivity index (χ0v) is 11.4. The van der Waals surface area contributed by atoms with Crippen LogP contribution < -0.4 is 0 Å². The number of hydrogen-bond acceptors (Lipinski definition) is 3. The van der Waals surface area contributed by atoms with Crippen LogP contribution in [0, 0.1) is 11.3 Å². The van der Waals surface area contributed by atoms with Crippen LogP contribution in [0.1, 0.15) is 16.7 Å². The van der Waals surface area contributed by atoms with Crippen molar-refractivity contribution in [2.24, 2.45) is 4.36 Å². The first-order valence-corrected chi connectivity index (χ1v) is 7.48. The van der Waals surface area contributed by atoms with Crippen molar-refractivity contribution in [3.63, 3.8) is 0 Å². The van der Waals surface area contributed by atoms with E-state index in [9.17, 15) is 30.6 Å². The van der Waals surface area contributed by atoms with Gasteiger partial charge in [0.25, 0.3) is 0 Å². The van der Waals surface area contributed by atoms with Crippen LogP contribution in [0.3, 0.4) is 0 Å². The van der Waals surface area contributed by atoms with Gasteiger partial charge in [-0.05, 0) is 12.1 Å². The fourth-order valence-corrected chi connectivity index (χ4v) is 2.05. The highest BCUT2D eigenvalue weighted by atomic mass is 32.2. The Morgan fingerprint density at radius 3 is 1.95 bits per heavy atom. The van der Waals surface area contributed by atoms with Gasteiger partial charge in [0.05, 0.1) is 16.7 Å². The Labute approximate surface area is 116 Å². The topological polar surface area (TPSA) is 53.2 Å². The highest BCUT2D eigenvalue weighted by Gasteiger charge is 2.40. The summed E-state index contributed by atoms with van der Waals surface area (Å²) < 4.78 is 91.2. The molecule has 10 heteroatoms. The number of rotatable bonds is 1. The number of hydrogen-bond donors (Lipinski definition) is 0. The molecule has 21 heavy (non-hydrogen) atoms. The van der Waals surface area contributed by atoms with Crippen LogP contribution in [0.15, 0.2) is 16.5 Å². The summed E-state index contributed by atoms with van der Waals surface area (Å²) in [4.78, 5) is 0. The molecular weight excluding hydrogens is 322 g/mol. The van der Waals surface area contributed by atoms with Crippen LogP contribution in [0.25, 0.3) is 0 Å². The molecule has 3 nitrogen and oxygen atoms in total. The minimum Gasteiger partial charge on any atom is -0.250 e. The van der Waals surface area contributed by atoms with Gasteiger partial charge in [-0.25, -0.2) is 4.21 Å². The molecule has 0 saturated heterocycles. The average molecular weight is 330 g/mol. The molecule has 0 aliphatic carbocycles. The average Bonchev–Trinajstić information content (AvgIpc) is 2.23. The molecule has 0 bridgehead atoms. The lowest BCUT2D eigenvalue weighted by atomic mass is 10.0. The van der Waals surface area contributed by atoms with E-state index >= 15 is 0 Å². The van der Waals surface area contributed by atoms with E-state index in [0.29, 0.717) is 0 Å². The van der Waals surface area contributed by atoms with Gasteiger partial charge in [-0.3, -0.25) is 0 Å². The van der Waals surface area contributed by atoms with Crippen LogP contribution in [-0.4, -0.2) is 16.7 Å². The molecule has 1 aromatic carbocycles. The molecule has 0 N–H and O–H groups in total. The van der Waals surface area contributed by atoms with Crippen molar-refractivity contribution in [3.8, 4) is 6.07 Å². The summed E-state index contributed by atoms with van der Waals surface area (Å²) in [6.07, 6.45) is -8.21. The van der Waals surface area contributed by atoms with Crippen LogP contribution in [-0.2, 0) is 22.1 Å². The quantitative estimate of drug-likeness (QED) is 0.732. The first-order valence-electron chi connectivity index (χ1n) is 5.15. The molecule has 0 saturated carbocycles. The molecule has 0 radical (unpaired) electrons. The summed E-state index contributed by atoms with van der Waals surface area (Å²) in [5.41, 5.74) is -5.35. The van der Waals surface area contributed by atoms with Crippen molar-refractivity contribution < 1.29 is 30.6 Å².